The van der Waals surface area contributed by atoms with Gasteiger partial charge in [-0.15, -0.1) is 0 Å². The lowest BCUT2D eigenvalue weighted by Gasteiger charge is -2.11. The third kappa shape index (κ3) is 7.58. The molecular formula is C14H29N. The Morgan fingerprint density at radius 3 is 2.13 bits per heavy atom. The van der Waals surface area contributed by atoms with E-state index in [0.29, 0.717) is 5.92 Å². The summed E-state index contributed by atoms with van der Waals surface area (Å²) in [5.41, 5.74) is 0. The Balaban J connectivity index is 3.77. The quantitative estimate of drug-likeness (QED) is 0.490. The van der Waals surface area contributed by atoms with Gasteiger partial charge in [0.1, 0.15) is 0 Å². The molecule has 0 bridgehead atoms. The lowest BCUT2D eigenvalue weighted by Crippen LogP contribution is -2.05. The maximum atomic E-state index is 4.61. The molecular weight excluding hydrogens is 182 g/mol. The van der Waals surface area contributed by atoms with Crippen LogP contribution in [0.25, 0.3) is 0 Å². The Hall–Kier alpha value is -0.330. The molecule has 0 radical (unpaired) electrons. The third-order valence-corrected chi connectivity index (χ3v) is 3.27. The van der Waals surface area contributed by atoms with Crippen LogP contribution in [0.15, 0.2) is 4.99 Å². The summed E-state index contributed by atoms with van der Waals surface area (Å²) in [5.74, 6) is 1.52. The molecule has 0 aliphatic rings. The van der Waals surface area contributed by atoms with Crippen molar-refractivity contribution < 1.29 is 0 Å². The molecule has 0 N–H and O–H groups in total. The second kappa shape index (κ2) is 10.2. The van der Waals surface area contributed by atoms with Crippen LogP contribution in [0.5, 0.6) is 0 Å². The average Bonchev–Trinajstić information content (AvgIpc) is 2.28. The van der Waals surface area contributed by atoms with Crippen molar-refractivity contribution in [2.24, 2.45) is 16.8 Å². The maximum Gasteiger partial charge on any atom is 0.0413 e. The Bertz CT molecular complexity index is 147. The Morgan fingerprint density at radius 2 is 1.67 bits per heavy atom. The molecule has 90 valence electrons. The number of hydrogen-bond acceptors (Lipinski definition) is 1. The smallest absolute Gasteiger partial charge is 0.0413 e. The van der Waals surface area contributed by atoms with E-state index in [0.717, 1.165) is 12.5 Å². The van der Waals surface area contributed by atoms with Crippen LogP contribution in [0.2, 0.25) is 0 Å². The molecule has 0 spiro atoms. The average molecular weight is 211 g/mol. The van der Waals surface area contributed by atoms with E-state index in [-0.39, 0.29) is 0 Å². The van der Waals surface area contributed by atoms with Gasteiger partial charge in [-0.05, 0) is 31.1 Å². The molecule has 15 heavy (non-hydrogen) atoms. The molecule has 0 aliphatic carbocycles. The standard InChI is InChI=1S/C14H29N/c1-5-9-10-14(8-4)12-15-11-13(6-2)7-3/h11,13-14H,5-10,12H2,1-4H3. The van der Waals surface area contributed by atoms with Gasteiger partial charge >= 0.3 is 0 Å². The second-order valence-electron chi connectivity index (χ2n) is 4.51. The van der Waals surface area contributed by atoms with Crippen molar-refractivity contribution in [3.8, 4) is 0 Å². The molecule has 0 fully saturated rings. The molecule has 0 saturated heterocycles. The topological polar surface area (TPSA) is 12.4 Å². The van der Waals surface area contributed by atoms with Crippen molar-refractivity contribution in [2.75, 3.05) is 6.54 Å². The summed E-state index contributed by atoms with van der Waals surface area (Å²) in [4.78, 5) is 4.61. The zero-order valence-electron chi connectivity index (χ0n) is 11.1. The lowest BCUT2D eigenvalue weighted by molar-refractivity contribution is 0.462. The first kappa shape index (κ1) is 14.7. The zero-order valence-corrected chi connectivity index (χ0v) is 11.1. The molecule has 0 aromatic rings. The molecule has 0 aromatic heterocycles. The van der Waals surface area contributed by atoms with Crippen LogP contribution >= 0.6 is 0 Å². The minimum absolute atomic E-state index is 0.702. The Kier molecular flexibility index (Phi) is 9.97. The largest absolute Gasteiger partial charge is 0.297 e. The van der Waals surface area contributed by atoms with Gasteiger partial charge < -0.3 is 0 Å². The van der Waals surface area contributed by atoms with Crippen LogP contribution in [-0.2, 0) is 0 Å². The first-order chi connectivity index (χ1) is 7.28. The monoisotopic (exact) mass is 211 g/mol. The van der Waals surface area contributed by atoms with Gasteiger partial charge in [0.25, 0.3) is 0 Å². The van der Waals surface area contributed by atoms with Crippen molar-refractivity contribution in [2.45, 2.75) is 66.2 Å². The normalized spacial score (nSPS) is 13.9. The lowest BCUT2D eigenvalue weighted by atomic mass is 9.99. The highest BCUT2D eigenvalue weighted by Gasteiger charge is 2.04. The summed E-state index contributed by atoms with van der Waals surface area (Å²) in [6.45, 7) is 10.1. The summed E-state index contributed by atoms with van der Waals surface area (Å²) in [7, 11) is 0. The SMILES string of the molecule is CCCCC(CC)CN=CC(CC)CC. The van der Waals surface area contributed by atoms with Gasteiger partial charge in [-0.2, -0.15) is 0 Å². The van der Waals surface area contributed by atoms with E-state index in [4.69, 9.17) is 0 Å². The van der Waals surface area contributed by atoms with E-state index >= 15 is 0 Å². The number of hydrogen-bond donors (Lipinski definition) is 0. The van der Waals surface area contributed by atoms with E-state index < -0.39 is 0 Å². The van der Waals surface area contributed by atoms with Crippen LogP contribution in [0.4, 0.5) is 0 Å². The highest BCUT2D eigenvalue weighted by atomic mass is 14.7. The highest BCUT2D eigenvalue weighted by Crippen LogP contribution is 2.13. The van der Waals surface area contributed by atoms with Crippen LogP contribution in [-0.4, -0.2) is 12.8 Å². The Labute approximate surface area is 96.4 Å². The summed E-state index contributed by atoms with van der Waals surface area (Å²) in [6, 6.07) is 0. The van der Waals surface area contributed by atoms with Crippen molar-refractivity contribution in [1.82, 2.24) is 0 Å². The fraction of sp³-hybridized carbons (Fsp3) is 0.929. The van der Waals surface area contributed by atoms with Crippen LogP contribution in [0.3, 0.4) is 0 Å². The van der Waals surface area contributed by atoms with Crippen LogP contribution < -0.4 is 0 Å². The van der Waals surface area contributed by atoms with Gasteiger partial charge in [0.05, 0.1) is 0 Å². The fourth-order valence-electron chi connectivity index (χ4n) is 1.78. The zero-order chi connectivity index (χ0) is 11.5. The van der Waals surface area contributed by atoms with E-state index in [1.807, 2.05) is 0 Å². The third-order valence-electron chi connectivity index (χ3n) is 3.27. The maximum absolute atomic E-state index is 4.61. The van der Waals surface area contributed by atoms with E-state index in [2.05, 4.69) is 38.9 Å². The minimum Gasteiger partial charge on any atom is -0.297 e. The van der Waals surface area contributed by atoms with E-state index in [1.165, 1.54) is 38.5 Å². The minimum atomic E-state index is 0.702. The van der Waals surface area contributed by atoms with Crippen LogP contribution in [0.1, 0.15) is 66.2 Å². The second-order valence-corrected chi connectivity index (χ2v) is 4.51. The number of nitrogens with zero attached hydrogens (tertiary/aromatic N) is 1. The number of rotatable bonds is 9. The van der Waals surface area contributed by atoms with E-state index in [9.17, 15) is 0 Å². The molecule has 0 saturated carbocycles. The van der Waals surface area contributed by atoms with Gasteiger partial charge in [-0.1, -0.05) is 47.0 Å². The van der Waals surface area contributed by atoms with Gasteiger partial charge in [0.15, 0.2) is 0 Å². The van der Waals surface area contributed by atoms with Gasteiger partial charge in [-0.3, -0.25) is 4.99 Å². The number of aliphatic imine (C=N–C) groups is 1. The van der Waals surface area contributed by atoms with Crippen molar-refractivity contribution in [3.63, 3.8) is 0 Å². The van der Waals surface area contributed by atoms with Gasteiger partial charge in [0.2, 0.25) is 0 Å². The Morgan fingerprint density at radius 1 is 1.00 bits per heavy atom. The van der Waals surface area contributed by atoms with Crippen molar-refractivity contribution in [3.05, 3.63) is 0 Å². The molecule has 0 amide bonds. The van der Waals surface area contributed by atoms with Crippen LogP contribution in [0, 0.1) is 11.8 Å². The molecule has 0 heterocycles. The molecule has 0 rings (SSSR count). The van der Waals surface area contributed by atoms with Gasteiger partial charge in [0, 0.05) is 12.8 Å². The molecule has 1 heteroatoms. The number of unbranched alkanes of at least 4 members (excludes halogenated alkanes) is 1. The van der Waals surface area contributed by atoms with E-state index in [1.54, 1.807) is 0 Å². The molecule has 1 unspecified atom stereocenters. The summed E-state index contributed by atoms with van der Waals surface area (Å²) < 4.78 is 0. The summed E-state index contributed by atoms with van der Waals surface area (Å²) in [5, 5.41) is 0. The highest BCUT2D eigenvalue weighted by molar-refractivity contribution is 5.60. The molecule has 1 atom stereocenters. The van der Waals surface area contributed by atoms with Crippen molar-refractivity contribution in [1.29, 1.82) is 0 Å². The predicted molar refractivity (Wildman–Crippen MR) is 70.7 cm³/mol. The van der Waals surface area contributed by atoms with Crippen molar-refractivity contribution >= 4 is 6.21 Å². The first-order valence-electron chi connectivity index (χ1n) is 6.78. The molecule has 0 aliphatic heterocycles. The first-order valence-corrected chi connectivity index (χ1v) is 6.78. The fourth-order valence-corrected chi connectivity index (χ4v) is 1.78. The summed E-state index contributed by atoms with van der Waals surface area (Å²) >= 11 is 0. The summed E-state index contributed by atoms with van der Waals surface area (Å²) in [6.07, 6.45) is 9.95. The molecule has 0 aromatic carbocycles. The van der Waals surface area contributed by atoms with Gasteiger partial charge in [-0.25, -0.2) is 0 Å². The predicted octanol–water partition coefficient (Wildman–Crippen LogP) is 4.71. The molecule has 1 nitrogen and oxygen atoms in total.